The second-order valence-electron chi connectivity index (χ2n) is 6.97. The quantitative estimate of drug-likeness (QED) is 0.768. The van der Waals surface area contributed by atoms with E-state index < -0.39 is 26.5 Å². The molecule has 1 atom stereocenters. The molecule has 2 heterocycles. The lowest BCUT2D eigenvalue weighted by atomic mass is 9.91. The second-order valence-corrected chi connectivity index (χ2v) is 8.67. The topological polar surface area (TPSA) is 102 Å². The van der Waals surface area contributed by atoms with Crippen molar-refractivity contribution in [1.82, 2.24) is 9.62 Å². The number of allylic oxidation sites excluding steroid dienone is 2. The number of hydrogen-bond acceptors (Lipinski definition) is 7. The van der Waals surface area contributed by atoms with Crippen molar-refractivity contribution in [3.05, 3.63) is 46.0 Å². The Morgan fingerprint density at radius 3 is 2.36 bits per heavy atom. The van der Waals surface area contributed by atoms with Gasteiger partial charge in [0.2, 0.25) is 21.6 Å². The molecular formula is C19H22N2O6S. The summed E-state index contributed by atoms with van der Waals surface area (Å²) < 4.78 is 39.5. The lowest BCUT2D eigenvalue weighted by molar-refractivity contribution is 0.0499. The number of fused-ring (bicyclic) bond motifs is 1. The fourth-order valence-corrected chi connectivity index (χ4v) is 5.12. The minimum absolute atomic E-state index is 0.0631. The predicted molar refractivity (Wildman–Crippen MR) is 100 cm³/mol. The van der Waals surface area contributed by atoms with Crippen molar-refractivity contribution in [3.63, 3.8) is 0 Å². The van der Waals surface area contributed by atoms with Gasteiger partial charge < -0.3 is 14.4 Å². The zero-order valence-corrected chi connectivity index (χ0v) is 16.2. The van der Waals surface area contributed by atoms with Gasteiger partial charge in [0.25, 0.3) is 0 Å². The number of benzene rings is 1. The maximum atomic E-state index is 13.2. The highest BCUT2D eigenvalue weighted by Crippen LogP contribution is 2.31. The van der Waals surface area contributed by atoms with Crippen LogP contribution in [0.25, 0.3) is 0 Å². The van der Waals surface area contributed by atoms with E-state index in [1.165, 1.54) is 6.07 Å². The molecule has 0 saturated carbocycles. The highest BCUT2D eigenvalue weighted by atomic mass is 32.2. The van der Waals surface area contributed by atoms with E-state index in [0.717, 1.165) is 12.8 Å². The minimum atomic E-state index is -4.20. The van der Waals surface area contributed by atoms with Crippen molar-refractivity contribution >= 4 is 21.6 Å². The monoisotopic (exact) mass is 406 g/mol. The minimum Gasteiger partial charge on any atom is -0.378 e. The van der Waals surface area contributed by atoms with Crippen molar-refractivity contribution in [1.29, 1.82) is 0 Å². The predicted octanol–water partition coefficient (Wildman–Crippen LogP) is 0.708. The summed E-state index contributed by atoms with van der Waals surface area (Å²) in [7, 11) is -4.20. The van der Waals surface area contributed by atoms with Crippen LogP contribution in [0.2, 0.25) is 0 Å². The van der Waals surface area contributed by atoms with Gasteiger partial charge in [-0.25, -0.2) is 13.1 Å². The summed E-state index contributed by atoms with van der Waals surface area (Å²) in [5.41, 5.74) is 0.279. The number of rotatable bonds is 5. The van der Waals surface area contributed by atoms with Crippen LogP contribution in [0.15, 0.2) is 34.9 Å². The Hall–Kier alpha value is -2.07. The van der Waals surface area contributed by atoms with Crippen LogP contribution in [0, 0.1) is 0 Å². The Balaban J connectivity index is 1.76. The number of hydrogen-bond donors (Lipinski definition) is 1. The van der Waals surface area contributed by atoms with Gasteiger partial charge in [-0.15, -0.1) is 0 Å². The molecule has 0 aromatic heterocycles. The van der Waals surface area contributed by atoms with E-state index in [1.54, 1.807) is 23.1 Å². The Morgan fingerprint density at radius 2 is 1.71 bits per heavy atom. The van der Waals surface area contributed by atoms with Gasteiger partial charge in [-0.1, -0.05) is 24.3 Å². The number of carbonyl (C=O) groups is 2. The Morgan fingerprint density at radius 1 is 1.04 bits per heavy atom. The zero-order chi connectivity index (χ0) is 19.7. The largest absolute Gasteiger partial charge is 0.378 e. The molecule has 1 N–H and O–H groups in total. The molecule has 2 saturated heterocycles. The summed E-state index contributed by atoms with van der Waals surface area (Å²) in [5, 5.41) is 0. The molecule has 0 amide bonds. The van der Waals surface area contributed by atoms with Crippen LogP contribution in [0.1, 0.15) is 33.6 Å². The fourth-order valence-electron chi connectivity index (χ4n) is 3.74. The first kappa shape index (κ1) is 19.3. The van der Waals surface area contributed by atoms with Crippen molar-refractivity contribution in [2.24, 2.45) is 0 Å². The van der Waals surface area contributed by atoms with Crippen LogP contribution in [-0.4, -0.2) is 70.4 Å². The van der Waals surface area contributed by atoms with Gasteiger partial charge in [-0.3, -0.25) is 9.59 Å². The van der Waals surface area contributed by atoms with Crippen LogP contribution in [-0.2, 0) is 19.5 Å². The molecule has 2 fully saturated rings. The third kappa shape index (κ3) is 3.50. The summed E-state index contributed by atoms with van der Waals surface area (Å²) in [5.74, 6) is -1.11. The normalized spacial score (nSPS) is 23.3. The fraction of sp³-hybridized carbons (Fsp3) is 0.474. The zero-order valence-electron chi connectivity index (χ0n) is 15.3. The van der Waals surface area contributed by atoms with Gasteiger partial charge in [0, 0.05) is 37.4 Å². The third-order valence-corrected chi connectivity index (χ3v) is 6.64. The van der Waals surface area contributed by atoms with Crippen LogP contribution in [0.3, 0.4) is 0 Å². The highest BCUT2D eigenvalue weighted by molar-refractivity contribution is 7.94. The smallest absolute Gasteiger partial charge is 0.246 e. The summed E-state index contributed by atoms with van der Waals surface area (Å²) >= 11 is 0. The van der Waals surface area contributed by atoms with Crippen LogP contribution < -0.4 is 4.72 Å². The van der Waals surface area contributed by atoms with Gasteiger partial charge in [0.15, 0.2) is 4.91 Å². The van der Waals surface area contributed by atoms with E-state index in [2.05, 4.69) is 4.72 Å². The van der Waals surface area contributed by atoms with E-state index in [4.69, 9.17) is 9.47 Å². The number of sulfonamides is 1. The van der Waals surface area contributed by atoms with Crippen molar-refractivity contribution < 1.29 is 27.5 Å². The number of ether oxygens (including phenoxy) is 2. The van der Waals surface area contributed by atoms with Crippen molar-refractivity contribution in [2.75, 3.05) is 39.5 Å². The lowest BCUT2D eigenvalue weighted by Gasteiger charge is -2.33. The number of nitrogens with one attached hydrogen (secondary N) is 1. The van der Waals surface area contributed by atoms with E-state index in [1.807, 2.05) is 0 Å². The van der Waals surface area contributed by atoms with Crippen molar-refractivity contribution in [2.45, 2.75) is 18.9 Å². The molecule has 1 aliphatic carbocycles. The first-order chi connectivity index (χ1) is 13.5. The lowest BCUT2D eigenvalue weighted by Crippen LogP contribution is -2.44. The molecule has 3 aliphatic rings. The molecular weight excluding hydrogens is 384 g/mol. The van der Waals surface area contributed by atoms with Crippen LogP contribution >= 0.6 is 0 Å². The molecule has 9 heteroatoms. The van der Waals surface area contributed by atoms with Crippen LogP contribution in [0.4, 0.5) is 0 Å². The molecule has 8 nitrogen and oxygen atoms in total. The molecule has 1 aromatic carbocycles. The highest BCUT2D eigenvalue weighted by Gasteiger charge is 2.41. The number of carbonyl (C=O) groups excluding carboxylic acids is 2. The summed E-state index contributed by atoms with van der Waals surface area (Å²) in [6, 6.07) is 6.32. The SMILES string of the molecule is O=C1C(N2CCOCC2)=C(S(=O)(=O)NCC2CCCO2)C(=O)c2ccccc21. The van der Waals surface area contributed by atoms with E-state index in [9.17, 15) is 18.0 Å². The molecule has 28 heavy (non-hydrogen) atoms. The van der Waals surface area contributed by atoms with E-state index in [0.29, 0.717) is 32.9 Å². The number of nitrogens with zero attached hydrogens (tertiary/aromatic N) is 1. The maximum absolute atomic E-state index is 13.2. The Kier molecular flexibility index (Phi) is 5.33. The number of ketones is 2. The number of morpholine rings is 1. The first-order valence-electron chi connectivity index (χ1n) is 9.36. The number of Topliss-reactive ketones (excluding diaryl/α,β-unsaturated/α-hetero) is 2. The van der Waals surface area contributed by atoms with Gasteiger partial charge in [-0.2, -0.15) is 0 Å². The Bertz CT molecular complexity index is 927. The molecule has 150 valence electrons. The third-order valence-electron chi connectivity index (χ3n) is 5.17. The van der Waals surface area contributed by atoms with E-state index >= 15 is 0 Å². The van der Waals surface area contributed by atoms with Gasteiger partial charge in [0.1, 0.15) is 5.70 Å². The average molecular weight is 406 g/mol. The Labute approximate surface area is 163 Å². The van der Waals surface area contributed by atoms with Gasteiger partial charge >= 0.3 is 0 Å². The molecule has 1 unspecified atom stereocenters. The first-order valence-corrected chi connectivity index (χ1v) is 10.8. The molecule has 0 radical (unpaired) electrons. The molecule has 4 rings (SSSR count). The van der Waals surface area contributed by atoms with E-state index in [-0.39, 0.29) is 29.5 Å². The molecule has 0 spiro atoms. The standard InChI is InChI=1S/C19H22N2O6S/c22-17-14-5-1-2-6-15(14)18(23)19(16(17)21-7-10-26-11-8-21)28(24,25)20-12-13-4-3-9-27-13/h1-2,5-6,13,20H,3-4,7-12H2. The van der Waals surface area contributed by atoms with Gasteiger partial charge in [0.05, 0.1) is 19.3 Å². The molecule has 2 aliphatic heterocycles. The summed E-state index contributed by atoms with van der Waals surface area (Å²) in [6.07, 6.45) is 1.41. The van der Waals surface area contributed by atoms with Crippen LogP contribution in [0.5, 0.6) is 0 Å². The molecule has 1 aromatic rings. The summed E-state index contributed by atoms with van der Waals surface area (Å²) in [6.45, 7) is 2.10. The average Bonchev–Trinajstić information content (AvgIpc) is 3.23. The summed E-state index contributed by atoms with van der Waals surface area (Å²) in [4.78, 5) is 27.5. The molecule has 0 bridgehead atoms. The van der Waals surface area contributed by atoms with Gasteiger partial charge in [-0.05, 0) is 12.8 Å². The van der Waals surface area contributed by atoms with Crippen molar-refractivity contribution in [3.8, 4) is 0 Å². The maximum Gasteiger partial charge on any atom is 0.246 e. The second kappa shape index (κ2) is 7.75.